The molecule has 0 aromatic heterocycles. The lowest BCUT2D eigenvalue weighted by atomic mass is 9.98. The summed E-state index contributed by atoms with van der Waals surface area (Å²) in [6, 6.07) is 5.17. The quantitative estimate of drug-likeness (QED) is 0.791. The standard InChI is InChI=1S/C16H24N2O3/c1-20-15-11-12(17)7-8-14(15)18-16(19)9-10-21-13-5-3-2-4-6-13/h7-8,11,13H,2-6,9-10,17H2,1H3,(H,18,19). The van der Waals surface area contributed by atoms with Gasteiger partial charge in [0.2, 0.25) is 5.91 Å². The first kappa shape index (κ1) is 15.6. The van der Waals surface area contributed by atoms with Crippen molar-refractivity contribution in [1.82, 2.24) is 0 Å². The highest BCUT2D eigenvalue weighted by Crippen LogP contribution is 2.26. The molecule has 1 aromatic carbocycles. The Morgan fingerprint density at radius 3 is 2.81 bits per heavy atom. The number of nitrogens with two attached hydrogens (primary N) is 1. The van der Waals surface area contributed by atoms with Crippen molar-refractivity contribution in [1.29, 1.82) is 0 Å². The summed E-state index contributed by atoms with van der Waals surface area (Å²) in [5.74, 6) is 0.491. The first-order chi connectivity index (χ1) is 10.2. The van der Waals surface area contributed by atoms with Gasteiger partial charge in [0.05, 0.1) is 31.9 Å². The van der Waals surface area contributed by atoms with Gasteiger partial charge in [-0.05, 0) is 25.0 Å². The van der Waals surface area contributed by atoms with E-state index >= 15 is 0 Å². The van der Waals surface area contributed by atoms with Gasteiger partial charge in [0.1, 0.15) is 5.75 Å². The zero-order chi connectivity index (χ0) is 15.1. The van der Waals surface area contributed by atoms with Crippen LogP contribution in [0.2, 0.25) is 0 Å². The molecule has 1 saturated carbocycles. The van der Waals surface area contributed by atoms with Gasteiger partial charge >= 0.3 is 0 Å². The van der Waals surface area contributed by atoms with E-state index in [4.69, 9.17) is 15.2 Å². The number of amides is 1. The minimum Gasteiger partial charge on any atom is -0.494 e. The monoisotopic (exact) mass is 292 g/mol. The number of anilines is 2. The van der Waals surface area contributed by atoms with E-state index in [-0.39, 0.29) is 5.91 Å². The van der Waals surface area contributed by atoms with Crippen molar-refractivity contribution in [2.45, 2.75) is 44.6 Å². The van der Waals surface area contributed by atoms with E-state index in [1.807, 2.05) is 0 Å². The summed E-state index contributed by atoms with van der Waals surface area (Å²) in [4.78, 5) is 11.9. The van der Waals surface area contributed by atoms with Crippen molar-refractivity contribution in [3.05, 3.63) is 18.2 Å². The first-order valence-electron chi connectivity index (χ1n) is 7.54. The molecule has 21 heavy (non-hydrogen) atoms. The summed E-state index contributed by atoms with van der Waals surface area (Å²) in [5, 5.41) is 2.83. The molecule has 0 aliphatic heterocycles. The van der Waals surface area contributed by atoms with E-state index in [0.29, 0.717) is 36.3 Å². The van der Waals surface area contributed by atoms with E-state index in [2.05, 4.69) is 5.32 Å². The van der Waals surface area contributed by atoms with Gasteiger partial charge in [-0.2, -0.15) is 0 Å². The molecule has 5 heteroatoms. The Hall–Kier alpha value is -1.75. The molecule has 0 atom stereocenters. The first-order valence-corrected chi connectivity index (χ1v) is 7.54. The lowest BCUT2D eigenvalue weighted by Crippen LogP contribution is -2.20. The molecule has 1 aliphatic carbocycles. The van der Waals surface area contributed by atoms with Crippen LogP contribution < -0.4 is 15.8 Å². The second kappa shape index (κ2) is 7.88. The van der Waals surface area contributed by atoms with Crippen LogP contribution in [0.4, 0.5) is 11.4 Å². The average Bonchev–Trinajstić information content (AvgIpc) is 2.50. The van der Waals surface area contributed by atoms with Crippen LogP contribution >= 0.6 is 0 Å². The number of hydrogen-bond donors (Lipinski definition) is 2. The fourth-order valence-electron chi connectivity index (χ4n) is 2.57. The van der Waals surface area contributed by atoms with Gasteiger partial charge in [0.25, 0.3) is 0 Å². The lowest BCUT2D eigenvalue weighted by Gasteiger charge is -2.21. The second-order valence-corrected chi connectivity index (χ2v) is 5.39. The normalized spacial score (nSPS) is 15.7. The van der Waals surface area contributed by atoms with Crippen molar-refractivity contribution >= 4 is 17.3 Å². The topological polar surface area (TPSA) is 73.6 Å². The Kier molecular flexibility index (Phi) is 5.87. The maximum atomic E-state index is 11.9. The average molecular weight is 292 g/mol. The van der Waals surface area contributed by atoms with Crippen LogP contribution in [0.5, 0.6) is 5.75 Å². The number of carbonyl (C=O) groups is 1. The molecule has 116 valence electrons. The van der Waals surface area contributed by atoms with Crippen LogP contribution in [0.15, 0.2) is 18.2 Å². The number of methoxy groups -OCH3 is 1. The molecule has 3 N–H and O–H groups in total. The van der Waals surface area contributed by atoms with Gasteiger partial charge in [0, 0.05) is 11.8 Å². The predicted octanol–water partition coefficient (Wildman–Crippen LogP) is 2.96. The molecule has 2 rings (SSSR count). The lowest BCUT2D eigenvalue weighted by molar-refractivity contribution is -0.117. The maximum Gasteiger partial charge on any atom is 0.226 e. The zero-order valence-corrected chi connectivity index (χ0v) is 12.6. The Balaban J connectivity index is 1.76. The van der Waals surface area contributed by atoms with Gasteiger partial charge < -0.3 is 20.5 Å². The van der Waals surface area contributed by atoms with E-state index in [0.717, 1.165) is 12.8 Å². The van der Waals surface area contributed by atoms with Gasteiger partial charge in [-0.15, -0.1) is 0 Å². The van der Waals surface area contributed by atoms with E-state index in [1.54, 1.807) is 25.3 Å². The molecule has 0 saturated heterocycles. The molecule has 1 aliphatic rings. The molecule has 0 bridgehead atoms. The smallest absolute Gasteiger partial charge is 0.226 e. The Labute approximate surface area is 125 Å². The number of nitrogens with one attached hydrogen (secondary N) is 1. The Morgan fingerprint density at radius 1 is 1.33 bits per heavy atom. The highest BCUT2D eigenvalue weighted by molar-refractivity contribution is 5.92. The fraction of sp³-hybridized carbons (Fsp3) is 0.562. The minimum absolute atomic E-state index is 0.0751. The largest absolute Gasteiger partial charge is 0.494 e. The van der Waals surface area contributed by atoms with Crippen LogP contribution in [0, 0.1) is 0 Å². The zero-order valence-electron chi connectivity index (χ0n) is 12.6. The Bertz CT molecular complexity index is 471. The number of benzene rings is 1. The van der Waals surface area contributed by atoms with Crippen molar-refractivity contribution in [2.75, 3.05) is 24.8 Å². The summed E-state index contributed by atoms with van der Waals surface area (Å²) in [5.41, 5.74) is 6.92. The second-order valence-electron chi connectivity index (χ2n) is 5.39. The summed E-state index contributed by atoms with van der Waals surface area (Å²) in [7, 11) is 1.55. The van der Waals surface area contributed by atoms with Crippen molar-refractivity contribution in [3.8, 4) is 5.75 Å². The summed E-state index contributed by atoms with van der Waals surface area (Å²) < 4.78 is 11.0. The number of ether oxygens (including phenoxy) is 2. The number of hydrogen-bond acceptors (Lipinski definition) is 4. The predicted molar refractivity (Wildman–Crippen MR) is 83.5 cm³/mol. The van der Waals surface area contributed by atoms with Gasteiger partial charge in [-0.1, -0.05) is 19.3 Å². The minimum atomic E-state index is -0.0751. The Morgan fingerprint density at radius 2 is 2.10 bits per heavy atom. The van der Waals surface area contributed by atoms with Gasteiger partial charge in [0.15, 0.2) is 0 Å². The molecule has 0 spiro atoms. The van der Waals surface area contributed by atoms with Crippen molar-refractivity contribution < 1.29 is 14.3 Å². The van der Waals surface area contributed by atoms with Gasteiger partial charge in [-0.25, -0.2) is 0 Å². The highest BCUT2D eigenvalue weighted by Gasteiger charge is 2.14. The molecule has 0 radical (unpaired) electrons. The molecule has 1 aromatic rings. The van der Waals surface area contributed by atoms with E-state index < -0.39 is 0 Å². The van der Waals surface area contributed by atoms with Crippen LogP contribution in [0.1, 0.15) is 38.5 Å². The van der Waals surface area contributed by atoms with Crippen molar-refractivity contribution in [3.63, 3.8) is 0 Å². The summed E-state index contributed by atoms with van der Waals surface area (Å²) >= 11 is 0. The third-order valence-electron chi connectivity index (χ3n) is 3.73. The molecular weight excluding hydrogens is 268 g/mol. The van der Waals surface area contributed by atoms with E-state index in [9.17, 15) is 4.79 Å². The molecule has 0 unspecified atom stereocenters. The number of rotatable bonds is 6. The molecular formula is C16H24N2O3. The summed E-state index contributed by atoms with van der Waals surface area (Å²) in [6.45, 7) is 0.466. The molecule has 5 nitrogen and oxygen atoms in total. The highest BCUT2D eigenvalue weighted by atomic mass is 16.5. The molecule has 0 heterocycles. The number of nitrogen functional groups attached to an aromatic ring is 1. The summed E-state index contributed by atoms with van der Waals surface area (Å²) in [6.07, 6.45) is 6.69. The fourth-order valence-corrected chi connectivity index (χ4v) is 2.57. The third-order valence-corrected chi connectivity index (χ3v) is 3.73. The van der Waals surface area contributed by atoms with Crippen LogP contribution in [-0.2, 0) is 9.53 Å². The van der Waals surface area contributed by atoms with E-state index in [1.165, 1.54) is 19.3 Å². The van der Waals surface area contributed by atoms with Crippen LogP contribution in [0.3, 0.4) is 0 Å². The number of carbonyl (C=O) groups excluding carboxylic acids is 1. The van der Waals surface area contributed by atoms with Crippen molar-refractivity contribution in [2.24, 2.45) is 0 Å². The SMILES string of the molecule is COc1cc(N)ccc1NC(=O)CCOC1CCCCC1. The maximum absolute atomic E-state index is 11.9. The van der Waals surface area contributed by atoms with Crippen LogP contribution in [-0.4, -0.2) is 25.7 Å². The van der Waals surface area contributed by atoms with Gasteiger partial charge in [-0.3, -0.25) is 4.79 Å². The van der Waals surface area contributed by atoms with Crippen LogP contribution in [0.25, 0.3) is 0 Å². The molecule has 1 amide bonds. The molecule has 1 fully saturated rings. The third kappa shape index (κ3) is 4.93.